The molecule has 0 saturated carbocycles. The van der Waals surface area contributed by atoms with Crippen molar-refractivity contribution in [1.29, 1.82) is 0 Å². The van der Waals surface area contributed by atoms with Crippen LogP contribution in [0.1, 0.15) is 30.0 Å². The average Bonchev–Trinajstić information content (AvgIpc) is 3.48. The Hall–Kier alpha value is -2.78. The SMILES string of the molecule is COc1ccc(OC)c([C@H]2CCCN2C(=O)CSc2nnc(Nc3ccccc3C)s2)c1. The number of thioether (sulfide) groups is 1. The van der Waals surface area contributed by atoms with Gasteiger partial charge >= 0.3 is 0 Å². The molecule has 2 aromatic carbocycles. The largest absolute Gasteiger partial charge is 0.497 e. The van der Waals surface area contributed by atoms with Crippen LogP contribution in [0.4, 0.5) is 10.8 Å². The summed E-state index contributed by atoms with van der Waals surface area (Å²) in [6.07, 6.45) is 1.87. The molecular formula is C23H26N4O3S2. The van der Waals surface area contributed by atoms with E-state index in [4.69, 9.17) is 9.47 Å². The summed E-state index contributed by atoms with van der Waals surface area (Å²) >= 11 is 2.88. The maximum absolute atomic E-state index is 13.1. The second-order valence-corrected chi connectivity index (χ2v) is 9.65. The molecule has 1 aromatic heterocycles. The first-order valence-corrected chi connectivity index (χ1v) is 12.2. The normalized spacial score (nSPS) is 15.6. The molecule has 0 aliphatic carbocycles. The van der Waals surface area contributed by atoms with Crippen LogP contribution in [0.3, 0.4) is 0 Å². The van der Waals surface area contributed by atoms with Gasteiger partial charge in [-0.2, -0.15) is 0 Å². The molecule has 0 unspecified atom stereocenters. The fraction of sp³-hybridized carbons (Fsp3) is 0.348. The lowest BCUT2D eigenvalue weighted by Crippen LogP contribution is -2.32. The molecule has 1 fully saturated rings. The molecule has 1 N–H and O–H groups in total. The zero-order valence-corrected chi connectivity index (χ0v) is 20.0. The lowest BCUT2D eigenvalue weighted by molar-refractivity contribution is -0.129. The summed E-state index contributed by atoms with van der Waals surface area (Å²) in [5, 5.41) is 12.5. The first-order valence-electron chi connectivity index (χ1n) is 10.4. The van der Waals surface area contributed by atoms with Gasteiger partial charge in [0.2, 0.25) is 11.0 Å². The number of rotatable bonds is 8. The molecule has 9 heteroatoms. The van der Waals surface area contributed by atoms with Crippen molar-refractivity contribution in [3.05, 3.63) is 53.6 Å². The molecule has 168 valence electrons. The standard InChI is InChI=1S/C23H26N4O3S2/c1-15-7-4-5-8-18(15)24-22-25-26-23(32-22)31-14-21(28)27-12-6-9-19(27)17-13-16(29-2)10-11-20(17)30-3/h4-5,7-8,10-11,13,19H,6,9,12,14H2,1-3H3,(H,24,25)/t19-/m1/s1. The van der Waals surface area contributed by atoms with Crippen LogP contribution >= 0.6 is 23.1 Å². The van der Waals surface area contributed by atoms with Gasteiger partial charge in [-0.1, -0.05) is 41.3 Å². The highest BCUT2D eigenvalue weighted by Gasteiger charge is 2.32. The fourth-order valence-corrected chi connectivity index (χ4v) is 5.49. The molecule has 0 spiro atoms. The Kier molecular flexibility index (Phi) is 7.16. The number of carbonyl (C=O) groups excluding carboxylic acids is 1. The molecule has 32 heavy (non-hydrogen) atoms. The van der Waals surface area contributed by atoms with E-state index < -0.39 is 0 Å². The van der Waals surface area contributed by atoms with Crippen LogP contribution in [0, 0.1) is 6.92 Å². The molecule has 0 radical (unpaired) electrons. The van der Waals surface area contributed by atoms with Crippen LogP contribution in [0.5, 0.6) is 11.5 Å². The number of hydrogen-bond donors (Lipinski definition) is 1. The maximum atomic E-state index is 13.1. The van der Waals surface area contributed by atoms with Gasteiger partial charge in [0, 0.05) is 17.8 Å². The number of nitrogens with one attached hydrogen (secondary N) is 1. The highest BCUT2D eigenvalue weighted by molar-refractivity contribution is 8.01. The number of likely N-dealkylation sites (tertiary alicyclic amines) is 1. The van der Waals surface area contributed by atoms with E-state index in [0.29, 0.717) is 5.75 Å². The molecule has 1 aliphatic heterocycles. The molecule has 0 bridgehead atoms. The third-order valence-electron chi connectivity index (χ3n) is 5.48. The van der Waals surface area contributed by atoms with Crippen LogP contribution in [0.15, 0.2) is 46.8 Å². The van der Waals surface area contributed by atoms with Crippen molar-refractivity contribution >= 4 is 39.8 Å². The number of anilines is 2. The third-order valence-corrected chi connectivity index (χ3v) is 7.44. The van der Waals surface area contributed by atoms with Crippen molar-refractivity contribution in [2.75, 3.05) is 31.8 Å². The van der Waals surface area contributed by atoms with E-state index in [1.807, 2.05) is 54.3 Å². The number of hydrogen-bond acceptors (Lipinski definition) is 8. The van der Waals surface area contributed by atoms with Gasteiger partial charge in [-0.3, -0.25) is 4.79 Å². The van der Waals surface area contributed by atoms with Gasteiger partial charge in [-0.25, -0.2) is 0 Å². The molecule has 1 aliphatic rings. The summed E-state index contributed by atoms with van der Waals surface area (Å²) in [5.41, 5.74) is 3.13. The predicted molar refractivity (Wildman–Crippen MR) is 128 cm³/mol. The number of aryl methyl sites for hydroxylation is 1. The number of nitrogens with zero attached hydrogens (tertiary/aromatic N) is 3. The smallest absolute Gasteiger partial charge is 0.233 e. The Labute approximate surface area is 196 Å². The van der Waals surface area contributed by atoms with Gasteiger partial charge in [0.1, 0.15) is 11.5 Å². The van der Waals surface area contributed by atoms with Crippen LogP contribution in [0.25, 0.3) is 0 Å². The topological polar surface area (TPSA) is 76.6 Å². The zero-order chi connectivity index (χ0) is 22.5. The van der Waals surface area contributed by atoms with Gasteiger partial charge in [-0.05, 0) is 49.6 Å². The monoisotopic (exact) mass is 470 g/mol. The van der Waals surface area contributed by atoms with Crippen LogP contribution < -0.4 is 14.8 Å². The van der Waals surface area contributed by atoms with Crippen molar-refractivity contribution in [1.82, 2.24) is 15.1 Å². The molecule has 1 saturated heterocycles. The number of amides is 1. The summed E-state index contributed by atoms with van der Waals surface area (Å²) in [7, 11) is 3.30. The Morgan fingerprint density at radius 1 is 1.22 bits per heavy atom. The van der Waals surface area contributed by atoms with E-state index >= 15 is 0 Å². The summed E-state index contributed by atoms with van der Waals surface area (Å²) in [6.45, 7) is 2.78. The van der Waals surface area contributed by atoms with E-state index in [1.165, 1.54) is 23.1 Å². The minimum absolute atomic E-state index is 0.0131. The number of benzene rings is 2. The summed E-state index contributed by atoms with van der Waals surface area (Å²) in [5.74, 6) is 1.95. The predicted octanol–water partition coefficient (Wildman–Crippen LogP) is 5.06. The van der Waals surface area contributed by atoms with Crippen molar-refractivity contribution in [3.63, 3.8) is 0 Å². The highest BCUT2D eigenvalue weighted by atomic mass is 32.2. The number of ether oxygens (including phenoxy) is 2. The number of carbonyl (C=O) groups is 1. The van der Waals surface area contributed by atoms with E-state index in [2.05, 4.69) is 15.5 Å². The number of methoxy groups -OCH3 is 2. The van der Waals surface area contributed by atoms with Crippen LogP contribution in [0.2, 0.25) is 0 Å². The second kappa shape index (κ2) is 10.2. The Bertz CT molecular complexity index is 1090. The summed E-state index contributed by atoms with van der Waals surface area (Å²) < 4.78 is 11.7. The van der Waals surface area contributed by atoms with Crippen molar-refractivity contribution < 1.29 is 14.3 Å². The molecule has 1 atom stereocenters. The Morgan fingerprint density at radius 2 is 2.06 bits per heavy atom. The molecule has 3 aromatic rings. The lowest BCUT2D eigenvalue weighted by atomic mass is 10.0. The highest BCUT2D eigenvalue weighted by Crippen LogP contribution is 2.39. The van der Waals surface area contributed by atoms with Gasteiger partial charge in [0.15, 0.2) is 4.34 Å². The van der Waals surface area contributed by atoms with E-state index in [1.54, 1.807) is 14.2 Å². The van der Waals surface area contributed by atoms with Gasteiger partial charge < -0.3 is 19.7 Å². The average molecular weight is 471 g/mol. The zero-order valence-electron chi connectivity index (χ0n) is 18.3. The van der Waals surface area contributed by atoms with Gasteiger partial charge in [-0.15, -0.1) is 10.2 Å². The van der Waals surface area contributed by atoms with Gasteiger partial charge in [0.05, 0.1) is 26.0 Å². The first kappa shape index (κ1) is 22.4. The maximum Gasteiger partial charge on any atom is 0.233 e. The Morgan fingerprint density at radius 3 is 2.84 bits per heavy atom. The molecule has 4 rings (SSSR count). The molecule has 7 nitrogen and oxygen atoms in total. The van der Waals surface area contributed by atoms with Gasteiger partial charge in [0.25, 0.3) is 0 Å². The fourth-order valence-electron chi connectivity index (χ4n) is 3.84. The number of para-hydroxylation sites is 1. The first-order chi connectivity index (χ1) is 15.6. The molecule has 1 amide bonds. The van der Waals surface area contributed by atoms with Crippen LogP contribution in [-0.2, 0) is 4.79 Å². The van der Waals surface area contributed by atoms with E-state index in [0.717, 1.165) is 57.2 Å². The second-order valence-electron chi connectivity index (χ2n) is 7.45. The van der Waals surface area contributed by atoms with E-state index in [9.17, 15) is 4.79 Å². The van der Waals surface area contributed by atoms with Crippen molar-refractivity contribution in [2.45, 2.75) is 30.1 Å². The minimum Gasteiger partial charge on any atom is -0.497 e. The van der Waals surface area contributed by atoms with Crippen molar-refractivity contribution in [3.8, 4) is 11.5 Å². The van der Waals surface area contributed by atoms with Crippen LogP contribution in [-0.4, -0.2) is 47.5 Å². The summed E-state index contributed by atoms with van der Waals surface area (Å²) in [6, 6.07) is 13.8. The Balaban J connectivity index is 1.40. The molecular weight excluding hydrogens is 444 g/mol. The number of aromatic nitrogens is 2. The molecule has 2 heterocycles. The summed E-state index contributed by atoms with van der Waals surface area (Å²) in [4.78, 5) is 15.0. The van der Waals surface area contributed by atoms with Crippen molar-refractivity contribution in [2.24, 2.45) is 0 Å². The lowest BCUT2D eigenvalue weighted by Gasteiger charge is -2.26. The quantitative estimate of drug-likeness (QED) is 0.461. The third kappa shape index (κ3) is 4.99. The minimum atomic E-state index is -0.0131. The van der Waals surface area contributed by atoms with E-state index in [-0.39, 0.29) is 11.9 Å².